The quantitative estimate of drug-likeness (QED) is 0.526. The van der Waals surface area contributed by atoms with Gasteiger partial charge in [0.2, 0.25) is 5.69 Å². The second-order valence-electron chi connectivity index (χ2n) is 4.72. The molecule has 0 aliphatic heterocycles. The molecule has 0 amide bonds. The minimum Gasteiger partial charge on any atom is -0.539 e. The van der Waals surface area contributed by atoms with Gasteiger partial charge in [0, 0.05) is 30.0 Å². The average Bonchev–Trinajstić information content (AvgIpc) is 3.11. The molecule has 0 saturated heterocycles. The van der Waals surface area contributed by atoms with Crippen LogP contribution in [0.1, 0.15) is 0 Å². The zero-order valence-corrected chi connectivity index (χ0v) is 11.0. The van der Waals surface area contributed by atoms with Crippen LogP contribution in [0, 0.1) is 0 Å². The Kier molecular flexibility index (Phi) is 2.50. The maximum Gasteiger partial charge on any atom is 0.272 e. The first-order chi connectivity index (χ1) is 10.3. The molecule has 0 unspecified atom stereocenters. The third kappa shape index (κ3) is 1.87. The first-order valence-corrected chi connectivity index (χ1v) is 6.54. The monoisotopic (exact) mass is 277 g/mol. The molecule has 0 saturated carbocycles. The average molecular weight is 277 g/mol. The Morgan fingerprint density at radius 2 is 1.86 bits per heavy atom. The molecule has 4 rings (SSSR count). The highest BCUT2D eigenvalue weighted by molar-refractivity contribution is 5.68. The van der Waals surface area contributed by atoms with Gasteiger partial charge in [-0.2, -0.15) is 0 Å². The maximum atomic E-state index is 12.0. The van der Waals surface area contributed by atoms with Crippen LogP contribution in [0.25, 0.3) is 22.5 Å². The van der Waals surface area contributed by atoms with Crippen LogP contribution in [-0.2, 0) is 0 Å². The van der Waals surface area contributed by atoms with E-state index in [9.17, 15) is 5.11 Å². The summed E-state index contributed by atoms with van der Waals surface area (Å²) < 4.78 is 8.33. The zero-order valence-electron chi connectivity index (χ0n) is 11.0. The number of para-hydroxylation sites is 1. The fraction of sp³-hybridized carbons (Fsp3) is 0. The molecule has 21 heavy (non-hydrogen) atoms. The molecule has 5 nitrogen and oxygen atoms in total. The van der Waals surface area contributed by atoms with Crippen LogP contribution in [-0.4, -0.2) is 9.67 Å². The molecule has 0 atom stereocenters. The van der Waals surface area contributed by atoms with Crippen molar-refractivity contribution in [2.45, 2.75) is 0 Å². The molecule has 0 spiro atoms. The minimum absolute atomic E-state index is 0.421. The lowest BCUT2D eigenvalue weighted by molar-refractivity contribution is -0.660. The maximum absolute atomic E-state index is 12.0. The van der Waals surface area contributed by atoms with Crippen LogP contribution < -0.4 is 9.79 Å². The second-order valence-corrected chi connectivity index (χ2v) is 4.72. The van der Waals surface area contributed by atoms with Gasteiger partial charge in [0.15, 0.2) is 5.95 Å². The van der Waals surface area contributed by atoms with E-state index < -0.39 is 5.95 Å². The molecule has 4 aromatic rings. The van der Waals surface area contributed by atoms with E-state index in [0.29, 0.717) is 5.69 Å². The van der Waals surface area contributed by atoms with E-state index in [-0.39, 0.29) is 0 Å². The number of aromatic nitrogens is 3. The van der Waals surface area contributed by atoms with Crippen LogP contribution in [0.5, 0.6) is 5.95 Å². The highest BCUT2D eigenvalue weighted by atomic mass is 16.6. The number of nitrogens with zero attached hydrogens (tertiary/aromatic N) is 3. The predicted octanol–water partition coefficient (Wildman–Crippen LogP) is 1.94. The Labute approximate surface area is 120 Å². The fourth-order valence-corrected chi connectivity index (χ4v) is 2.42. The van der Waals surface area contributed by atoms with Crippen molar-refractivity contribution in [3.05, 3.63) is 67.0 Å². The minimum atomic E-state index is -0.449. The van der Waals surface area contributed by atoms with Crippen molar-refractivity contribution in [2.24, 2.45) is 0 Å². The summed E-state index contributed by atoms with van der Waals surface area (Å²) in [5, 5.41) is 15.9. The molecule has 0 aliphatic rings. The Morgan fingerprint density at radius 1 is 1.05 bits per heavy atom. The summed E-state index contributed by atoms with van der Waals surface area (Å²) in [5.74, 6) is -0.449. The van der Waals surface area contributed by atoms with Crippen LogP contribution in [0.2, 0.25) is 0 Å². The van der Waals surface area contributed by atoms with E-state index in [2.05, 4.69) is 5.27 Å². The Bertz CT molecular complexity index is 877. The molecule has 3 heterocycles. The predicted molar refractivity (Wildman–Crippen MR) is 73.9 cm³/mol. The van der Waals surface area contributed by atoms with Gasteiger partial charge >= 0.3 is 0 Å². The van der Waals surface area contributed by atoms with Crippen molar-refractivity contribution >= 4 is 5.52 Å². The Balaban J connectivity index is 1.94. The number of hydrogen-bond donors (Lipinski definition) is 0. The third-order valence-corrected chi connectivity index (χ3v) is 3.39. The lowest BCUT2D eigenvalue weighted by Gasteiger charge is -1.94. The zero-order chi connectivity index (χ0) is 14.2. The Hall–Kier alpha value is -3.08. The molecule has 5 heteroatoms. The highest BCUT2D eigenvalue weighted by Crippen LogP contribution is 2.26. The van der Waals surface area contributed by atoms with Gasteiger partial charge in [0.05, 0.1) is 10.8 Å². The van der Waals surface area contributed by atoms with Crippen molar-refractivity contribution in [1.82, 2.24) is 9.67 Å². The van der Waals surface area contributed by atoms with Gasteiger partial charge in [-0.1, -0.05) is 24.3 Å². The van der Waals surface area contributed by atoms with E-state index in [1.54, 1.807) is 0 Å². The van der Waals surface area contributed by atoms with Gasteiger partial charge in [-0.15, -0.1) is 0 Å². The lowest BCUT2D eigenvalue weighted by Crippen LogP contribution is -2.34. The summed E-state index contributed by atoms with van der Waals surface area (Å²) in [6.07, 6.45) is 3.83. The van der Waals surface area contributed by atoms with Gasteiger partial charge in [-0.3, -0.25) is 0 Å². The van der Waals surface area contributed by atoms with Gasteiger partial charge in [-0.25, -0.2) is 0 Å². The summed E-state index contributed by atoms with van der Waals surface area (Å²) in [6, 6.07) is 17.3. The lowest BCUT2D eigenvalue weighted by atomic mass is 10.2. The topological polar surface area (TPSA) is 57.4 Å². The molecule has 0 radical (unpaired) electrons. The molecule has 0 fully saturated rings. The first kappa shape index (κ1) is 11.7. The third-order valence-electron chi connectivity index (χ3n) is 3.39. The molecular formula is C16H11N3O2. The van der Waals surface area contributed by atoms with Gasteiger partial charge in [0.1, 0.15) is 0 Å². The summed E-state index contributed by atoms with van der Waals surface area (Å²) >= 11 is 0. The second kappa shape index (κ2) is 4.49. The largest absolute Gasteiger partial charge is 0.539 e. The number of benzene rings is 1. The number of rotatable bonds is 2. The highest BCUT2D eigenvalue weighted by Gasteiger charge is 2.23. The van der Waals surface area contributed by atoms with E-state index in [4.69, 9.17) is 4.52 Å². The number of pyridine rings is 1. The Morgan fingerprint density at radius 3 is 2.67 bits per heavy atom. The van der Waals surface area contributed by atoms with E-state index in [1.807, 2.05) is 71.4 Å². The van der Waals surface area contributed by atoms with Crippen molar-refractivity contribution in [3.8, 4) is 22.9 Å². The summed E-state index contributed by atoms with van der Waals surface area (Å²) in [4.78, 5) is 0. The van der Waals surface area contributed by atoms with Crippen molar-refractivity contribution in [2.75, 3.05) is 0 Å². The van der Waals surface area contributed by atoms with Gasteiger partial charge in [-0.05, 0) is 22.9 Å². The van der Waals surface area contributed by atoms with Crippen molar-refractivity contribution in [1.29, 1.82) is 0 Å². The van der Waals surface area contributed by atoms with E-state index in [1.165, 1.54) is 4.68 Å². The summed E-state index contributed by atoms with van der Waals surface area (Å²) in [7, 11) is 0. The summed E-state index contributed by atoms with van der Waals surface area (Å²) in [5.41, 5.74) is 2.99. The standard InChI is InChI=1S/C16H11N3O2/c20-16-15(12-10-14-8-4-5-9-18(14)11-12)19(17-21-16)13-6-2-1-3-7-13/h1-11H. The van der Waals surface area contributed by atoms with E-state index >= 15 is 0 Å². The SMILES string of the molecule is [O-]c1on[n+](-c2ccccc2)c1-c1cc2ccccn2c1. The van der Waals surface area contributed by atoms with Crippen LogP contribution in [0.3, 0.4) is 0 Å². The van der Waals surface area contributed by atoms with E-state index in [0.717, 1.165) is 16.8 Å². The molecule has 0 N–H and O–H groups in total. The summed E-state index contributed by atoms with van der Waals surface area (Å²) in [6.45, 7) is 0. The van der Waals surface area contributed by atoms with Crippen LogP contribution in [0.4, 0.5) is 0 Å². The smallest absolute Gasteiger partial charge is 0.272 e. The molecule has 3 aromatic heterocycles. The normalized spacial score (nSPS) is 11.0. The molecule has 0 aliphatic carbocycles. The molecule has 1 aromatic carbocycles. The van der Waals surface area contributed by atoms with Crippen LogP contribution in [0.15, 0.2) is 71.5 Å². The number of hydrogen-bond acceptors (Lipinski definition) is 3. The van der Waals surface area contributed by atoms with Gasteiger partial charge in [0.25, 0.3) is 5.69 Å². The van der Waals surface area contributed by atoms with Gasteiger partial charge < -0.3 is 14.0 Å². The number of fused-ring (bicyclic) bond motifs is 1. The van der Waals surface area contributed by atoms with Crippen molar-refractivity contribution < 1.29 is 14.3 Å². The first-order valence-electron chi connectivity index (χ1n) is 6.54. The fourth-order valence-electron chi connectivity index (χ4n) is 2.42. The van der Waals surface area contributed by atoms with Crippen LogP contribution >= 0.6 is 0 Å². The molecule has 102 valence electrons. The molecular weight excluding hydrogens is 266 g/mol. The van der Waals surface area contributed by atoms with Crippen molar-refractivity contribution in [3.63, 3.8) is 0 Å². The molecule has 0 bridgehead atoms.